The lowest BCUT2D eigenvalue weighted by molar-refractivity contribution is 1.28. The van der Waals surface area contributed by atoms with Crippen molar-refractivity contribution in [3.05, 3.63) is 322 Å². The van der Waals surface area contributed by atoms with Crippen LogP contribution in [0.15, 0.2) is 322 Å². The summed E-state index contributed by atoms with van der Waals surface area (Å²) in [5.74, 6) is 0. The van der Waals surface area contributed by atoms with Gasteiger partial charge in [-0.15, -0.1) is 22.7 Å². The van der Waals surface area contributed by atoms with E-state index in [0.29, 0.717) is 0 Å². The normalized spacial score (nSPS) is 11.4. The second kappa shape index (κ2) is 21.6. The molecule has 0 unspecified atom stereocenters. The highest BCUT2D eigenvalue weighted by Gasteiger charge is 2.19. The van der Waals surface area contributed by atoms with E-state index in [1.54, 1.807) is 0 Å². The van der Waals surface area contributed by atoms with E-state index in [1.807, 2.05) is 22.7 Å². The minimum absolute atomic E-state index is 1.09. The van der Waals surface area contributed by atoms with E-state index in [9.17, 15) is 0 Å². The number of para-hydroxylation sites is 3. The van der Waals surface area contributed by atoms with E-state index in [0.717, 1.165) is 73.4 Å². The van der Waals surface area contributed by atoms with Crippen molar-refractivity contribution in [1.82, 2.24) is 0 Å². The van der Waals surface area contributed by atoms with Crippen LogP contribution in [-0.4, -0.2) is 0 Å². The highest BCUT2D eigenvalue weighted by atomic mass is 32.1. The van der Waals surface area contributed by atoms with Crippen LogP contribution in [0.4, 0.5) is 51.2 Å². The van der Waals surface area contributed by atoms with Crippen LogP contribution >= 0.6 is 22.7 Å². The molecule has 2 aromatic heterocycles. The minimum Gasteiger partial charge on any atom is -0.311 e. The summed E-state index contributed by atoms with van der Waals surface area (Å²) in [5.41, 5.74) is 19.5. The molecule has 392 valence electrons. The van der Waals surface area contributed by atoms with Gasteiger partial charge in [0.05, 0.1) is 0 Å². The molecule has 0 atom stereocenters. The molecule has 0 saturated carbocycles. The van der Waals surface area contributed by atoms with Gasteiger partial charge in [-0.25, -0.2) is 0 Å². The van der Waals surface area contributed by atoms with Crippen molar-refractivity contribution in [3.8, 4) is 44.5 Å². The van der Waals surface area contributed by atoms with Crippen LogP contribution < -0.4 is 14.7 Å². The largest absolute Gasteiger partial charge is 0.311 e. The van der Waals surface area contributed by atoms with Gasteiger partial charge in [0.15, 0.2) is 0 Å². The van der Waals surface area contributed by atoms with Gasteiger partial charge in [0, 0.05) is 91.5 Å². The highest BCUT2D eigenvalue weighted by Crippen LogP contribution is 2.45. The number of hydrogen-bond donors (Lipinski definition) is 0. The number of rotatable bonds is 13. The topological polar surface area (TPSA) is 9.72 Å². The SMILES string of the molecule is c1ccc(N(c2ccc(-c3ccc(N(c4ccccc4)c4ccc(-c5cccc6c5sc5ccccc56)cc4)cc3)cc2)c2ccc(-c3ccc(N(c4ccccc4)c4ccc(-c5cccc6c5sc5ccccc56)cc4)cc3)cc2)cc1. The fraction of sp³-hybridized carbons (Fsp3) is 0. The summed E-state index contributed by atoms with van der Waals surface area (Å²) < 4.78 is 5.29. The Balaban J connectivity index is 0.676. The molecule has 0 radical (unpaired) electrons. The van der Waals surface area contributed by atoms with Crippen LogP contribution in [0.3, 0.4) is 0 Å². The number of nitrogens with zero attached hydrogens (tertiary/aromatic N) is 3. The average Bonchev–Trinajstić information content (AvgIpc) is 4.32. The monoisotopic (exact) mass is 1100 g/mol. The van der Waals surface area contributed by atoms with E-state index in [4.69, 9.17) is 0 Å². The van der Waals surface area contributed by atoms with Gasteiger partial charge in [-0.1, -0.05) is 200 Å². The maximum Gasteiger partial charge on any atom is 0.0462 e. The van der Waals surface area contributed by atoms with Crippen molar-refractivity contribution in [3.63, 3.8) is 0 Å². The van der Waals surface area contributed by atoms with E-state index in [-0.39, 0.29) is 0 Å². The molecular weight excluding hydrogens is 1040 g/mol. The molecule has 15 aromatic rings. The Morgan fingerprint density at radius 2 is 0.398 bits per heavy atom. The Hall–Kier alpha value is -10.3. The predicted molar refractivity (Wildman–Crippen MR) is 358 cm³/mol. The van der Waals surface area contributed by atoms with E-state index in [2.05, 4.69) is 336 Å². The van der Waals surface area contributed by atoms with Gasteiger partial charge in [0.25, 0.3) is 0 Å². The standard InChI is InChI=1S/C78H53N3S2/c1-4-16-60(17-5-1)79(63-42-30-54(31-43-63)56-34-46-65(47-35-56)80(61-18-6-2-7-19-61)67-50-38-58(39-51-67)69-24-14-26-73-71-22-10-12-28-75(71)82-77(69)73)64-44-32-55(33-45-64)57-36-48-66(49-37-57)81(62-20-8-3-9-21-62)68-52-40-59(41-53-68)70-25-15-27-74-72-23-11-13-29-76(72)83-78(70)74/h1-53H. The van der Waals surface area contributed by atoms with Gasteiger partial charge in [-0.2, -0.15) is 0 Å². The molecule has 0 fully saturated rings. The molecule has 3 nitrogen and oxygen atoms in total. The molecular formula is C78H53N3S2. The number of benzene rings is 13. The molecule has 0 amide bonds. The Morgan fingerprint density at radius 3 is 0.687 bits per heavy atom. The van der Waals surface area contributed by atoms with Crippen molar-refractivity contribution < 1.29 is 0 Å². The van der Waals surface area contributed by atoms with Gasteiger partial charge >= 0.3 is 0 Å². The predicted octanol–water partition coefficient (Wildman–Crippen LogP) is 23.5. The van der Waals surface area contributed by atoms with Gasteiger partial charge in [-0.05, 0) is 166 Å². The molecule has 15 rings (SSSR count). The zero-order valence-corrected chi connectivity index (χ0v) is 46.9. The molecule has 0 spiro atoms. The third kappa shape index (κ3) is 9.48. The Kier molecular flexibility index (Phi) is 13.0. The molecule has 2 heterocycles. The van der Waals surface area contributed by atoms with Gasteiger partial charge < -0.3 is 14.7 Å². The van der Waals surface area contributed by atoms with Crippen molar-refractivity contribution >= 4 is 114 Å². The maximum absolute atomic E-state index is 2.34. The van der Waals surface area contributed by atoms with Gasteiger partial charge in [0.2, 0.25) is 0 Å². The summed E-state index contributed by atoms with van der Waals surface area (Å²) in [5, 5.41) is 5.26. The summed E-state index contributed by atoms with van der Waals surface area (Å²) in [6.07, 6.45) is 0. The van der Waals surface area contributed by atoms with Crippen molar-refractivity contribution in [1.29, 1.82) is 0 Å². The molecule has 0 aliphatic carbocycles. The summed E-state index contributed by atoms with van der Waals surface area (Å²) in [6, 6.07) is 117. The fourth-order valence-electron chi connectivity index (χ4n) is 11.8. The lowest BCUT2D eigenvalue weighted by atomic mass is 10.0. The zero-order valence-electron chi connectivity index (χ0n) is 45.3. The second-order valence-electron chi connectivity index (χ2n) is 20.9. The number of hydrogen-bond acceptors (Lipinski definition) is 5. The van der Waals surface area contributed by atoms with Crippen LogP contribution in [0, 0.1) is 0 Å². The first kappa shape index (κ1) is 49.7. The molecule has 0 N–H and O–H groups in total. The van der Waals surface area contributed by atoms with Crippen molar-refractivity contribution in [2.75, 3.05) is 14.7 Å². The lowest BCUT2D eigenvalue weighted by Crippen LogP contribution is -2.10. The first-order chi connectivity index (χ1) is 41.1. The molecule has 83 heavy (non-hydrogen) atoms. The van der Waals surface area contributed by atoms with Crippen LogP contribution in [0.5, 0.6) is 0 Å². The zero-order chi connectivity index (χ0) is 55.1. The van der Waals surface area contributed by atoms with Crippen LogP contribution in [-0.2, 0) is 0 Å². The Morgan fingerprint density at radius 1 is 0.169 bits per heavy atom. The third-order valence-electron chi connectivity index (χ3n) is 15.9. The van der Waals surface area contributed by atoms with Crippen LogP contribution in [0.25, 0.3) is 84.9 Å². The first-order valence-corrected chi connectivity index (χ1v) is 29.8. The minimum atomic E-state index is 1.09. The van der Waals surface area contributed by atoms with E-state index in [1.165, 1.54) is 62.6 Å². The van der Waals surface area contributed by atoms with Crippen molar-refractivity contribution in [2.24, 2.45) is 0 Å². The van der Waals surface area contributed by atoms with Gasteiger partial charge in [-0.3, -0.25) is 0 Å². The van der Waals surface area contributed by atoms with Crippen molar-refractivity contribution in [2.45, 2.75) is 0 Å². The Bertz CT molecular complexity index is 4440. The summed E-state index contributed by atoms with van der Waals surface area (Å²) >= 11 is 3.74. The van der Waals surface area contributed by atoms with Crippen LogP contribution in [0.1, 0.15) is 0 Å². The third-order valence-corrected chi connectivity index (χ3v) is 18.3. The van der Waals surface area contributed by atoms with Crippen LogP contribution in [0.2, 0.25) is 0 Å². The number of anilines is 9. The number of thiophene rings is 2. The molecule has 0 aliphatic heterocycles. The smallest absolute Gasteiger partial charge is 0.0462 e. The van der Waals surface area contributed by atoms with E-state index >= 15 is 0 Å². The summed E-state index contributed by atoms with van der Waals surface area (Å²) in [4.78, 5) is 7.00. The molecule has 0 aliphatic rings. The second-order valence-corrected chi connectivity index (χ2v) is 23.0. The molecule has 0 saturated heterocycles. The quantitative estimate of drug-likeness (QED) is 0.114. The molecule has 0 bridgehead atoms. The Labute approximate surface area is 491 Å². The summed E-state index contributed by atoms with van der Waals surface area (Å²) in [7, 11) is 0. The number of fused-ring (bicyclic) bond motifs is 6. The lowest BCUT2D eigenvalue weighted by Gasteiger charge is -2.26. The average molecular weight is 1100 g/mol. The van der Waals surface area contributed by atoms with Gasteiger partial charge in [0.1, 0.15) is 0 Å². The first-order valence-electron chi connectivity index (χ1n) is 28.1. The molecule has 5 heteroatoms. The fourth-order valence-corrected chi connectivity index (χ4v) is 14.3. The highest BCUT2D eigenvalue weighted by molar-refractivity contribution is 7.26. The van der Waals surface area contributed by atoms with E-state index < -0.39 is 0 Å². The summed E-state index contributed by atoms with van der Waals surface area (Å²) in [6.45, 7) is 0. The maximum atomic E-state index is 2.34. The molecule has 13 aromatic carbocycles.